The smallest absolute Gasteiger partial charge is 0.411 e. The van der Waals surface area contributed by atoms with E-state index in [0.717, 1.165) is 4.90 Å². The summed E-state index contributed by atoms with van der Waals surface area (Å²) in [6.07, 6.45) is 1.54. The maximum atomic E-state index is 13.1. The number of esters is 1. The van der Waals surface area contributed by atoms with E-state index in [-0.39, 0.29) is 12.3 Å². The Hall–Kier alpha value is -1.37. The van der Waals surface area contributed by atoms with E-state index >= 15 is 0 Å². The Morgan fingerprint density at radius 2 is 1.80 bits per heavy atom. The van der Waals surface area contributed by atoms with Gasteiger partial charge in [0.05, 0.1) is 7.11 Å². The Balaban J connectivity index is 3.40. The largest absolute Gasteiger partial charge is 0.467 e. The van der Waals surface area contributed by atoms with Gasteiger partial charge in [-0.2, -0.15) is 0 Å². The zero-order chi connectivity index (χ0) is 19.4. The number of nitrogens with zero attached hydrogens (tertiary/aromatic N) is 1. The predicted octanol–water partition coefficient (Wildman–Crippen LogP) is 3.17. The normalized spacial score (nSPS) is 24.1. The lowest BCUT2D eigenvalue weighted by Crippen LogP contribution is -2.48. The molecule has 1 aliphatic rings. The number of allylic oxidation sites excluding steroid dienone is 1. The number of methoxy groups -OCH3 is 1. The number of amides is 1. The number of ether oxygens (including phenoxy) is 2. The van der Waals surface area contributed by atoms with Gasteiger partial charge >= 0.3 is 19.7 Å². The van der Waals surface area contributed by atoms with Crippen molar-refractivity contribution >= 4 is 19.7 Å². The molecule has 0 unspecified atom stereocenters. The minimum Gasteiger partial charge on any atom is -0.467 e. The molecule has 0 aromatic carbocycles. The molecule has 0 bridgehead atoms. The van der Waals surface area contributed by atoms with E-state index in [0.29, 0.717) is 6.42 Å². The lowest BCUT2D eigenvalue weighted by Gasteiger charge is -2.34. The molecule has 1 fully saturated rings. The highest BCUT2D eigenvalue weighted by atomic mass is 31.2. The van der Waals surface area contributed by atoms with Crippen molar-refractivity contribution in [1.82, 2.24) is 4.90 Å². The SMILES string of the molecule is C=CC[C@@H]1C[C@@H](C(=O)OC)N(C(=O)OC(C)(C)C)[C@H]1P(=O)(OC)OC. The van der Waals surface area contributed by atoms with E-state index in [1.54, 1.807) is 26.8 Å². The summed E-state index contributed by atoms with van der Waals surface area (Å²) in [5.41, 5.74) is -0.789. The van der Waals surface area contributed by atoms with Crippen molar-refractivity contribution in [3.05, 3.63) is 12.7 Å². The lowest BCUT2D eigenvalue weighted by molar-refractivity contribution is -0.145. The molecular formula is C16H28NO7P. The zero-order valence-electron chi connectivity index (χ0n) is 15.7. The molecule has 1 rings (SSSR count). The van der Waals surface area contributed by atoms with Gasteiger partial charge in [0.25, 0.3) is 0 Å². The van der Waals surface area contributed by atoms with Gasteiger partial charge in [-0.05, 0) is 39.5 Å². The van der Waals surface area contributed by atoms with E-state index in [1.807, 2.05) is 0 Å². The maximum absolute atomic E-state index is 13.1. The van der Waals surface area contributed by atoms with Crippen molar-refractivity contribution in [1.29, 1.82) is 0 Å². The third kappa shape index (κ3) is 4.84. The van der Waals surface area contributed by atoms with Crippen LogP contribution in [-0.4, -0.2) is 55.7 Å². The third-order valence-corrected chi connectivity index (χ3v) is 6.28. The number of hydrogen-bond donors (Lipinski definition) is 0. The van der Waals surface area contributed by atoms with Crippen LogP contribution in [0.2, 0.25) is 0 Å². The molecule has 144 valence electrons. The molecule has 8 nitrogen and oxygen atoms in total. The first-order valence-corrected chi connectivity index (χ1v) is 9.57. The van der Waals surface area contributed by atoms with Crippen LogP contribution in [-0.2, 0) is 27.9 Å². The fourth-order valence-corrected chi connectivity index (χ4v) is 4.86. The standard InChI is InChI=1S/C16H28NO7P/c1-8-9-11-10-12(14(18)21-5)17(15(19)24-16(2,3)4)13(11)25(20,22-6)23-7/h8,11-13H,1,9-10H2,2-7H3/t11-,12+,13+/m1/s1. The molecule has 1 aliphatic heterocycles. The van der Waals surface area contributed by atoms with E-state index in [4.69, 9.17) is 18.5 Å². The summed E-state index contributed by atoms with van der Waals surface area (Å²) in [7, 11) is 0.0137. The lowest BCUT2D eigenvalue weighted by atomic mass is 10.0. The van der Waals surface area contributed by atoms with Crippen LogP contribution in [0.4, 0.5) is 4.79 Å². The molecule has 1 heterocycles. The topological polar surface area (TPSA) is 91.4 Å². The van der Waals surface area contributed by atoms with Gasteiger partial charge in [-0.1, -0.05) is 6.08 Å². The fourth-order valence-electron chi connectivity index (χ4n) is 2.96. The second-order valence-electron chi connectivity index (χ2n) is 6.77. The molecule has 9 heteroatoms. The molecule has 1 saturated heterocycles. The van der Waals surface area contributed by atoms with Crippen molar-refractivity contribution in [2.75, 3.05) is 21.3 Å². The first-order chi connectivity index (χ1) is 11.5. The molecule has 0 spiro atoms. The second kappa shape index (κ2) is 8.34. The Bertz CT molecular complexity index is 549. The summed E-state index contributed by atoms with van der Waals surface area (Å²) in [5, 5.41) is 0. The second-order valence-corrected chi connectivity index (χ2v) is 9.10. The van der Waals surface area contributed by atoms with Crippen LogP contribution in [0.1, 0.15) is 33.6 Å². The minimum atomic E-state index is -3.71. The van der Waals surface area contributed by atoms with Gasteiger partial charge in [-0.3, -0.25) is 9.46 Å². The van der Waals surface area contributed by atoms with Gasteiger partial charge in [0, 0.05) is 14.2 Å². The van der Waals surface area contributed by atoms with E-state index < -0.39 is 37.1 Å². The van der Waals surface area contributed by atoms with Crippen LogP contribution in [0.15, 0.2) is 12.7 Å². The molecule has 0 radical (unpaired) electrons. The number of likely N-dealkylation sites (tertiary alicyclic amines) is 1. The average Bonchev–Trinajstić information content (AvgIpc) is 2.92. The Morgan fingerprint density at radius 1 is 1.24 bits per heavy atom. The molecular weight excluding hydrogens is 349 g/mol. The summed E-state index contributed by atoms with van der Waals surface area (Å²) in [6.45, 7) is 8.80. The van der Waals surface area contributed by atoms with Gasteiger partial charge in [-0.25, -0.2) is 9.59 Å². The number of rotatable bonds is 6. The number of hydrogen-bond acceptors (Lipinski definition) is 7. The van der Waals surface area contributed by atoms with Crippen LogP contribution in [0.5, 0.6) is 0 Å². The fraction of sp³-hybridized carbons (Fsp3) is 0.750. The van der Waals surface area contributed by atoms with Gasteiger partial charge in [0.2, 0.25) is 0 Å². The van der Waals surface area contributed by atoms with Crippen LogP contribution in [0, 0.1) is 5.92 Å². The molecule has 0 N–H and O–H groups in total. The van der Waals surface area contributed by atoms with E-state index in [1.165, 1.54) is 21.3 Å². The Labute approximate surface area is 149 Å². The molecule has 0 aromatic rings. The van der Waals surface area contributed by atoms with E-state index in [9.17, 15) is 14.2 Å². The first kappa shape index (κ1) is 21.7. The van der Waals surface area contributed by atoms with Gasteiger partial charge in [0.1, 0.15) is 17.4 Å². The van der Waals surface area contributed by atoms with Crippen molar-refractivity contribution in [3.63, 3.8) is 0 Å². The summed E-state index contributed by atoms with van der Waals surface area (Å²) in [4.78, 5) is 26.1. The van der Waals surface area contributed by atoms with Crippen molar-refractivity contribution in [2.24, 2.45) is 5.92 Å². The monoisotopic (exact) mass is 377 g/mol. The van der Waals surface area contributed by atoms with Crippen LogP contribution >= 0.6 is 7.60 Å². The number of carbonyl (C=O) groups excluding carboxylic acids is 2. The van der Waals surface area contributed by atoms with Gasteiger partial charge < -0.3 is 18.5 Å². The Morgan fingerprint density at radius 3 is 2.20 bits per heavy atom. The van der Waals surface area contributed by atoms with Gasteiger partial charge in [-0.15, -0.1) is 6.58 Å². The van der Waals surface area contributed by atoms with Crippen LogP contribution in [0.25, 0.3) is 0 Å². The van der Waals surface area contributed by atoms with Crippen molar-refractivity contribution in [3.8, 4) is 0 Å². The highest BCUT2D eigenvalue weighted by Crippen LogP contribution is 2.60. The highest BCUT2D eigenvalue weighted by Gasteiger charge is 2.56. The summed E-state index contributed by atoms with van der Waals surface area (Å²) < 4.78 is 33.6. The molecule has 3 atom stereocenters. The minimum absolute atomic E-state index is 0.249. The summed E-state index contributed by atoms with van der Waals surface area (Å²) in [5.74, 6) is -1.93. The zero-order valence-corrected chi connectivity index (χ0v) is 16.6. The quantitative estimate of drug-likeness (QED) is 0.399. The molecule has 0 saturated carbocycles. The number of carbonyl (C=O) groups is 2. The first-order valence-electron chi connectivity index (χ1n) is 7.95. The van der Waals surface area contributed by atoms with E-state index in [2.05, 4.69) is 6.58 Å². The third-order valence-electron chi connectivity index (χ3n) is 3.95. The maximum Gasteiger partial charge on any atom is 0.411 e. The highest BCUT2D eigenvalue weighted by molar-refractivity contribution is 7.54. The van der Waals surface area contributed by atoms with Gasteiger partial charge in [0.15, 0.2) is 0 Å². The summed E-state index contributed by atoms with van der Waals surface area (Å²) >= 11 is 0. The molecule has 1 amide bonds. The molecule has 0 aromatic heterocycles. The van der Waals surface area contributed by atoms with Crippen LogP contribution in [0.3, 0.4) is 0 Å². The Kier molecular flexibility index (Phi) is 7.23. The summed E-state index contributed by atoms with van der Waals surface area (Å²) in [6, 6.07) is -0.937. The molecule has 0 aliphatic carbocycles. The predicted molar refractivity (Wildman–Crippen MR) is 92.2 cm³/mol. The van der Waals surface area contributed by atoms with Crippen molar-refractivity contribution in [2.45, 2.75) is 51.0 Å². The van der Waals surface area contributed by atoms with Crippen LogP contribution < -0.4 is 0 Å². The average molecular weight is 377 g/mol. The molecule has 25 heavy (non-hydrogen) atoms. The van der Waals surface area contributed by atoms with Crippen molar-refractivity contribution < 1.29 is 32.7 Å².